The van der Waals surface area contributed by atoms with Gasteiger partial charge in [-0.05, 0) is 75.3 Å². The molecule has 0 aliphatic heterocycles. The summed E-state index contributed by atoms with van der Waals surface area (Å²) in [6.07, 6.45) is -1.37. The molecule has 0 saturated heterocycles. The van der Waals surface area contributed by atoms with Crippen molar-refractivity contribution in [2.75, 3.05) is 11.9 Å². The number of halogens is 3. The minimum Gasteiger partial charge on any atom is -0.449 e. The van der Waals surface area contributed by atoms with Gasteiger partial charge >= 0.3 is 12.3 Å². The standard InChI is InChI=1S/C23H29F3N4O4S/c1-14(2)35(32,33)20-6-4-19(5-7-20)30-21-27-11-18(12-28-21)17-8-16(9-17)13-34-22(31)29-15(3)10-23(24,25)26/h4-7,11-12,14-17H,8-10,13H2,1-3H3,(H,29,31)(H,27,28,30)/t15-,16?,17?/m0/s1. The van der Waals surface area contributed by atoms with E-state index in [1.165, 1.54) is 6.92 Å². The lowest BCUT2D eigenvalue weighted by Crippen LogP contribution is -2.38. The SMILES string of the molecule is CC(C)S(=O)(=O)c1ccc(Nc2ncc(C3CC(COC(=O)N[C@@H](C)CC(F)(F)F)C3)cn2)cc1. The van der Waals surface area contributed by atoms with Gasteiger partial charge in [0.25, 0.3) is 0 Å². The number of aromatic nitrogens is 2. The van der Waals surface area contributed by atoms with E-state index in [4.69, 9.17) is 4.74 Å². The number of alkyl carbamates (subject to hydrolysis) is 1. The lowest BCUT2D eigenvalue weighted by Gasteiger charge is -2.34. The van der Waals surface area contributed by atoms with Crippen LogP contribution in [0.2, 0.25) is 0 Å². The lowest BCUT2D eigenvalue weighted by atomic mass is 9.72. The molecule has 2 N–H and O–H groups in total. The van der Waals surface area contributed by atoms with Crippen LogP contribution in [0, 0.1) is 5.92 Å². The van der Waals surface area contributed by atoms with E-state index in [9.17, 15) is 26.4 Å². The van der Waals surface area contributed by atoms with Crippen molar-refractivity contribution < 1.29 is 31.1 Å². The largest absolute Gasteiger partial charge is 0.449 e. The predicted molar refractivity (Wildman–Crippen MR) is 124 cm³/mol. The van der Waals surface area contributed by atoms with Gasteiger partial charge in [-0.15, -0.1) is 0 Å². The fourth-order valence-corrected chi connectivity index (χ4v) is 4.78. The first-order valence-corrected chi connectivity index (χ1v) is 12.8. The molecule has 1 aromatic carbocycles. The van der Waals surface area contributed by atoms with Gasteiger partial charge in [0.15, 0.2) is 9.84 Å². The Bertz CT molecular complexity index is 1100. The maximum atomic E-state index is 12.3. The third kappa shape index (κ3) is 7.55. The van der Waals surface area contributed by atoms with Gasteiger partial charge in [-0.25, -0.2) is 23.2 Å². The van der Waals surface area contributed by atoms with E-state index >= 15 is 0 Å². The fraction of sp³-hybridized carbons (Fsp3) is 0.522. The van der Waals surface area contributed by atoms with Crippen molar-refractivity contribution in [1.29, 1.82) is 0 Å². The molecule has 0 bridgehead atoms. The second kappa shape index (κ2) is 10.8. The molecule has 1 amide bonds. The van der Waals surface area contributed by atoms with Crippen molar-refractivity contribution in [3.8, 4) is 0 Å². The second-order valence-electron chi connectivity index (χ2n) is 9.08. The molecule has 1 aliphatic carbocycles. The summed E-state index contributed by atoms with van der Waals surface area (Å²) in [5.74, 6) is 0.713. The third-order valence-electron chi connectivity index (χ3n) is 5.79. The van der Waals surface area contributed by atoms with Crippen LogP contribution in [0.4, 0.5) is 29.6 Å². The highest BCUT2D eigenvalue weighted by molar-refractivity contribution is 7.92. The zero-order chi connectivity index (χ0) is 25.8. The summed E-state index contributed by atoms with van der Waals surface area (Å²) < 4.78 is 66.4. The minimum atomic E-state index is -4.34. The van der Waals surface area contributed by atoms with Gasteiger partial charge in [0.05, 0.1) is 23.2 Å². The number of benzene rings is 1. The summed E-state index contributed by atoms with van der Waals surface area (Å²) in [5, 5.41) is 4.72. The third-order valence-corrected chi connectivity index (χ3v) is 7.96. The molecular weight excluding hydrogens is 485 g/mol. The topological polar surface area (TPSA) is 110 Å². The van der Waals surface area contributed by atoms with Gasteiger partial charge in [0.1, 0.15) is 0 Å². The summed E-state index contributed by atoms with van der Waals surface area (Å²) in [7, 11) is -3.34. The summed E-state index contributed by atoms with van der Waals surface area (Å²) >= 11 is 0. The molecule has 1 saturated carbocycles. The molecule has 1 aromatic heterocycles. The molecule has 35 heavy (non-hydrogen) atoms. The van der Waals surface area contributed by atoms with E-state index in [0.29, 0.717) is 11.6 Å². The number of hydrogen-bond donors (Lipinski definition) is 2. The molecule has 8 nitrogen and oxygen atoms in total. The minimum absolute atomic E-state index is 0.127. The second-order valence-corrected chi connectivity index (χ2v) is 11.6. The van der Waals surface area contributed by atoms with Crippen LogP contribution in [-0.4, -0.2) is 48.6 Å². The summed E-state index contributed by atoms with van der Waals surface area (Å²) in [4.78, 5) is 20.5. The number of ether oxygens (including phenoxy) is 1. The number of anilines is 2. The number of hydrogen-bond acceptors (Lipinski definition) is 7. The van der Waals surface area contributed by atoms with Crippen molar-refractivity contribution in [3.05, 3.63) is 42.2 Å². The number of nitrogens with zero attached hydrogens (tertiary/aromatic N) is 2. The highest BCUT2D eigenvalue weighted by Gasteiger charge is 2.33. The van der Waals surface area contributed by atoms with Crippen molar-refractivity contribution >= 4 is 27.6 Å². The van der Waals surface area contributed by atoms with E-state index in [-0.39, 0.29) is 23.3 Å². The van der Waals surface area contributed by atoms with Crippen molar-refractivity contribution in [2.24, 2.45) is 5.92 Å². The Morgan fingerprint density at radius 3 is 2.26 bits per heavy atom. The molecule has 2 aromatic rings. The number of alkyl halides is 3. The van der Waals surface area contributed by atoms with E-state index < -0.39 is 39.8 Å². The Kier molecular flexibility index (Phi) is 8.24. The molecule has 0 radical (unpaired) electrons. The summed E-state index contributed by atoms with van der Waals surface area (Å²) in [6.45, 7) is 4.69. The normalized spacial score (nSPS) is 19.1. The van der Waals surface area contributed by atoms with Gasteiger partial charge in [-0.1, -0.05) is 0 Å². The number of sulfone groups is 1. The smallest absolute Gasteiger partial charge is 0.407 e. The zero-order valence-electron chi connectivity index (χ0n) is 19.7. The molecule has 1 fully saturated rings. The lowest BCUT2D eigenvalue weighted by molar-refractivity contribution is -0.138. The average Bonchev–Trinajstić information content (AvgIpc) is 2.72. The van der Waals surface area contributed by atoms with Gasteiger partial charge in [-0.2, -0.15) is 13.2 Å². The van der Waals surface area contributed by atoms with Crippen LogP contribution in [0.1, 0.15) is 51.5 Å². The number of nitrogens with one attached hydrogen (secondary N) is 2. The first-order chi connectivity index (χ1) is 16.3. The molecule has 1 atom stereocenters. The van der Waals surface area contributed by atoms with Crippen molar-refractivity contribution in [2.45, 2.75) is 68.3 Å². The Morgan fingerprint density at radius 1 is 1.11 bits per heavy atom. The average molecular weight is 515 g/mol. The highest BCUT2D eigenvalue weighted by Crippen LogP contribution is 2.41. The number of amides is 1. The predicted octanol–water partition coefficient (Wildman–Crippen LogP) is 4.96. The van der Waals surface area contributed by atoms with Crippen LogP contribution in [0.5, 0.6) is 0 Å². The Labute approximate surface area is 202 Å². The van der Waals surface area contributed by atoms with E-state index in [1.807, 2.05) is 0 Å². The van der Waals surface area contributed by atoms with Gasteiger partial charge < -0.3 is 15.4 Å². The monoisotopic (exact) mass is 514 g/mol. The Morgan fingerprint density at radius 2 is 1.71 bits per heavy atom. The van der Waals surface area contributed by atoms with Crippen LogP contribution >= 0.6 is 0 Å². The maximum absolute atomic E-state index is 12.3. The molecule has 192 valence electrons. The Balaban J connectivity index is 1.42. The number of carbonyl (C=O) groups excluding carboxylic acids is 1. The molecule has 3 rings (SSSR count). The van der Waals surface area contributed by atoms with Gasteiger partial charge in [-0.3, -0.25) is 0 Å². The van der Waals surface area contributed by atoms with Crippen LogP contribution in [0.25, 0.3) is 0 Å². The van der Waals surface area contributed by atoms with E-state index in [1.54, 1.807) is 50.5 Å². The van der Waals surface area contributed by atoms with Gasteiger partial charge in [0.2, 0.25) is 5.95 Å². The zero-order valence-corrected chi connectivity index (χ0v) is 20.5. The summed E-state index contributed by atoms with van der Waals surface area (Å²) in [6, 6.07) is 5.35. The first kappa shape index (κ1) is 26.7. The van der Waals surface area contributed by atoms with Crippen molar-refractivity contribution in [3.63, 3.8) is 0 Å². The summed E-state index contributed by atoms with van der Waals surface area (Å²) in [5.41, 5.74) is 1.59. The quantitative estimate of drug-likeness (QED) is 0.487. The van der Waals surface area contributed by atoms with Crippen LogP contribution in [0.3, 0.4) is 0 Å². The van der Waals surface area contributed by atoms with E-state index in [0.717, 1.165) is 18.4 Å². The van der Waals surface area contributed by atoms with Crippen LogP contribution in [0.15, 0.2) is 41.6 Å². The molecule has 0 unspecified atom stereocenters. The van der Waals surface area contributed by atoms with E-state index in [2.05, 4.69) is 20.6 Å². The Hall–Kier alpha value is -2.89. The number of carbonyl (C=O) groups is 1. The van der Waals surface area contributed by atoms with Crippen LogP contribution < -0.4 is 10.6 Å². The maximum Gasteiger partial charge on any atom is 0.407 e. The fourth-order valence-electron chi connectivity index (χ4n) is 3.72. The molecule has 1 heterocycles. The van der Waals surface area contributed by atoms with Crippen molar-refractivity contribution in [1.82, 2.24) is 15.3 Å². The number of rotatable bonds is 9. The van der Waals surface area contributed by atoms with Gasteiger partial charge in [0, 0.05) is 24.1 Å². The molecule has 0 spiro atoms. The molecule has 12 heteroatoms. The molecule has 1 aliphatic rings. The first-order valence-electron chi connectivity index (χ1n) is 11.3. The van der Waals surface area contributed by atoms with Crippen LogP contribution in [-0.2, 0) is 14.6 Å². The highest BCUT2D eigenvalue weighted by atomic mass is 32.2. The molecular formula is C23H29F3N4O4S.